The quantitative estimate of drug-likeness (QED) is 0.716. The van der Waals surface area contributed by atoms with Gasteiger partial charge in [-0.3, -0.25) is 9.48 Å². The molecule has 0 aromatic carbocycles. The van der Waals surface area contributed by atoms with Crippen LogP contribution >= 0.6 is 0 Å². The summed E-state index contributed by atoms with van der Waals surface area (Å²) in [6.07, 6.45) is 4.50. The lowest BCUT2D eigenvalue weighted by Crippen LogP contribution is -2.38. The van der Waals surface area contributed by atoms with E-state index < -0.39 is 10.0 Å². The van der Waals surface area contributed by atoms with Crippen molar-refractivity contribution in [2.75, 3.05) is 39.5 Å². The molecule has 1 aromatic heterocycles. The van der Waals surface area contributed by atoms with Crippen LogP contribution in [0.2, 0.25) is 0 Å². The van der Waals surface area contributed by atoms with E-state index in [0.29, 0.717) is 12.1 Å². The summed E-state index contributed by atoms with van der Waals surface area (Å²) >= 11 is 0. The van der Waals surface area contributed by atoms with E-state index in [2.05, 4.69) is 20.0 Å². The predicted octanol–water partition coefficient (Wildman–Crippen LogP) is -0.181. The van der Waals surface area contributed by atoms with Crippen molar-refractivity contribution < 1.29 is 13.2 Å². The summed E-state index contributed by atoms with van der Waals surface area (Å²) < 4.78 is 27.1. The van der Waals surface area contributed by atoms with Crippen molar-refractivity contribution in [3.63, 3.8) is 0 Å². The molecule has 9 heteroatoms. The Labute approximate surface area is 137 Å². The van der Waals surface area contributed by atoms with Crippen LogP contribution in [-0.4, -0.2) is 68.5 Å². The molecule has 8 nitrogen and oxygen atoms in total. The summed E-state index contributed by atoms with van der Waals surface area (Å²) in [6.45, 7) is 2.55. The fourth-order valence-electron chi connectivity index (χ4n) is 2.82. The first-order valence-corrected chi connectivity index (χ1v) is 9.51. The number of sulfonamides is 1. The first-order chi connectivity index (χ1) is 10.9. The third kappa shape index (κ3) is 5.02. The summed E-state index contributed by atoms with van der Waals surface area (Å²) in [5, 5.41) is 6.91. The van der Waals surface area contributed by atoms with Gasteiger partial charge < -0.3 is 10.2 Å². The number of aromatic nitrogens is 2. The molecule has 0 bridgehead atoms. The van der Waals surface area contributed by atoms with Crippen molar-refractivity contribution in [1.82, 2.24) is 24.7 Å². The van der Waals surface area contributed by atoms with E-state index in [1.165, 1.54) is 7.05 Å². The second-order valence-corrected chi connectivity index (χ2v) is 7.78. The topological polar surface area (TPSA) is 96.3 Å². The van der Waals surface area contributed by atoms with Gasteiger partial charge in [0.05, 0.1) is 11.8 Å². The molecule has 1 amide bonds. The van der Waals surface area contributed by atoms with Gasteiger partial charge in [0.15, 0.2) is 0 Å². The molecular formula is C14H25N5O3S. The molecule has 2 N–H and O–H groups in total. The highest BCUT2D eigenvalue weighted by Gasteiger charge is 2.22. The van der Waals surface area contributed by atoms with Gasteiger partial charge in [0.2, 0.25) is 10.0 Å². The first-order valence-electron chi connectivity index (χ1n) is 7.86. The standard InChI is InChI=1S/C14H25N5O3S/c1-15-14(20)13-6-9-19(17-13)12-5-3-7-18(11-12)8-4-10-23(21,22)16-2/h6,9,12,16H,3-5,7-8,10-11H2,1-2H3,(H,15,20). The van der Waals surface area contributed by atoms with Crippen LogP contribution in [0.25, 0.3) is 0 Å². The Balaban J connectivity index is 1.88. The van der Waals surface area contributed by atoms with Gasteiger partial charge in [-0.2, -0.15) is 5.10 Å². The minimum atomic E-state index is -3.13. The number of rotatable bonds is 7. The molecule has 0 saturated carbocycles. The number of carbonyl (C=O) groups excluding carboxylic acids is 1. The van der Waals surface area contributed by atoms with Crippen molar-refractivity contribution in [2.24, 2.45) is 0 Å². The molecule has 0 aliphatic carbocycles. The van der Waals surface area contributed by atoms with E-state index in [1.54, 1.807) is 13.1 Å². The molecule has 1 fully saturated rings. The molecule has 1 unspecified atom stereocenters. The molecule has 1 atom stereocenters. The molecule has 1 saturated heterocycles. The highest BCUT2D eigenvalue weighted by atomic mass is 32.2. The maximum absolute atomic E-state index is 11.6. The Kier molecular flexibility index (Phi) is 6.14. The second-order valence-electron chi connectivity index (χ2n) is 5.73. The van der Waals surface area contributed by atoms with Gasteiger partial charge in [-0.15, -0.1) is 0 Å². The Hall–Kier alpha value is -1.45. The maximum Gasteiger partial charge on any atom is 0.271 e. The van der Waals surface area contributed by atoms with Crippen LogP contribution in [-0.2, 0) is 10.0 Å². The van der Waals surface area contributed by atoms with Gasteiger partial charge in [-0.1, -0.05) is 0 Å². The van der Waals surface area contributed by atoms with Gasteiger partial charge >= 0.3 is 0 Å². The Morgan fingerprint density at radius 1 is 1.43 bits per heavy atom. The SMILES string of the molecule is CNC(=O)c1ccn(C2CCCN(CCCS(=O)(=O)NC)C2)n1. The van der Waals surface area contributed by atoms with Crippen LogP contribution in [0.3, 0.4) is 0 Å². The summed E-state index contributed by atoms with van der Waals surface area (Å²) in [6, 6.07) is 1.94. The fraction of sp³-hybridized carbons (Fsp3) is 0.714. The molecule has 2 heterocycles. The van der Waals surface area contributed by atoms with E-state index in [1.807, 2.05) is 10.9 Å². The number of likely N-dealkylation sites (tertiary alicyclic amines) is 1. The average molecular weight is 343 g/mol. The third-order valence-corrected chi connectivity index (χ3v) is 5.57. The first kappa shape index (κ1) is 17.9. The van der Waals surface area contributed by atoms with Crippen molar-refractivity contribution in [2.45, 2.75) is 25.3 Å². The number of hydrogen-bond acceptors (Lipinski definition) is 5. The van der Waals surface area contributed by atoms with Crippen molar-refractivity contribution in [3.8, 4) is 0 Å². The zero-order valence-corrected chi connectivity index (χ0v) is 14.5. The minimum absolute atomic E-state index is 0.146. The van der Waals surface area contributed by atoms with Crippen LogP contribution in [0.5, 0.6) is 0 Å². The van der Waals surface area contributed by atoms with Crippen LogP contribution in [0.4, 0.5) is 0 Å². The van der Waals surface area contributed by atoms with Crippen LogP contribution in [0.1, 0.15) is 35.8 Å². The highest BCUT2D eigenvalue weighted by Crippen LogP contribution is 2.21. The molecule has 1 aliphatic heterocycles. The zero-order valence-electron chi connectivity index (χ0n) is 13.7. The summed E-state index contributed by atoms with van der Waals surface area (Å²) in [5.74, 6) is -0.0403. The maximum atomic E-state index is 11.6. The Morgan fingerprint density at radius 2 is 2.22 bits per heavy atom. The van der Waals surface area contributed by atoms with Crippen LogP contribution < -0.4 is 10.0 Å². The van der Waals surface area contributed by atoms with Gasteiger partial charge in [0, 0.05) is 19.8 Å². The zero-order chi connectivity index (χ0) is 16.9. The Morgan fingerprint density at radius 3 is 2.91 bits per heavy atom. The van der Waals surface area contributed by atoms with E-state index in [-0.39, 0.29) is 17.7 Å². The number of carbonyl (C=O) groups is 1. The van der Waals surface area contributed by atoms with Crippen molar-refractivity contribution in [3.05, 3.63) is 18.0 Å². The summed E-state index contributed by atoms with van der Waals surface area (Å²) in [7, 11) is -0.109. The number of piperidine rings is 1. The second kappa shape index (κ2) is 7.89. The number of amides is 1. The molecular weight excluding hydrogens is 318 g/mol. The van der Waals surface area contributed by atoms with E-state index >= 15 is 0 Å². The van der Waals surface area contributed by atoms with Gasteiger partial charge in [-0.25, -0.2) is 13.1 Å². The van der Waals surface area contributed by atoms with Crippen molar-refractivity contribution in [1.29, 1.82) is 0 Å². The predicted molar refractivity (Wildman–Crippen MR) is 87.8 cm³/mol. The normalized spacial score (nSPS) is 19.7. The molecule has 2 rings (SSSR count). The summed E-state index contributed by atoms with van der Waals surface area (Å²) in [4.78, 5) is 13.8. The van der Waals surface area contributed by atoms with E-state index in [9.17, 15) is 13.2 Å². The molecule has 1 aliphatic rings. The van der Waals surface area contributed by atoms with Crippen LogP contribution in [0.15, 0.2) is 12.3 Å². The lowest BCUT2D eigenvalue weighted by Gasteiger charge is -2.32. The van der Waals surface area contributed by atoms with Gasteiger partial charge in [-0.05, 0) is 45.5 Å². The highest BCUT2D eigenvalue weighted by molar-refractivity contribution is 7.89. The number of hydrogen-bond donors (Lipinski definition) is 2. The van der Waals surface area contributed by atoms with E-state index in [0.717, 1.165) is 32.5 Å². The number of nitrogens with zero attached hydrogens (tertiary/aromatic N) is 3. The monoisotopic (exact) mass is 343 g/mol. The smallest absolute Gasteiger partial charge is 0.271 e. The third-order valence-electron chi connectivity index (χ3n) is 4.12. The molecule has 1 aromatic rings. The fourth-order valence-corrected chi connectivity index (χ4v) is 3.53. The molecule has 0 spiro atoms. The van der Waals surface area contributed by atoms with E-state index in [4.69, 9.17) is 0 Å². The molecule has 130 valence electrons. The molecule has 0 radical (unpaired) electrons. The average Bonchev–Trinajstić information content (AvgIpc) is 3.04. The minimum Gasteiger partial charge on any atom is -0.354 e. The summed E-state index contributed by atoms with van der Waals surface area (Å²) in [5.41, 5.74) is 0.421. The van der Waals surface area contributed by atoms with Gasteiger partial charge in [0.1, 0.15) is 5.69 Å². The van der Waals surface area contributed by atoms with Crippen LogP contribution in [0, 0.1) is 0 Å². The number of nitrogens with one attached hydrogen (secondary N) is 2. The lowest BCUT2D eigenvalue weighted by molar-refractivity contribution is 0.0956. The largest absolute Gasteiger partial charge is 0.354 e. The lowest BCUT2D eigenvalue weighted by atomic mass is 10.1. The van der Waals surface area contributed by atoms with Gasteiger partial charge in [0.25, 0.3) is 5.91 Å². The van der Waals surface area contributed by atoms with Crippen molar-refractivity contribution >= 4 is 15.9 Å². The Bertz CT molecular complexity index is 628. The molecule has 23 heavy (non-hydrogen) atoms.